The van der Waals surface area contributed by atoms with E-state index in [1.54, 1.807) is 0 Å². The summed E-state index contributed by atoms with van der Waals surface area (Å²) in [5, 5.41) is 2.90. The van der Waals surface area contributed by atoms with Crippen molar-refractivity contribution in [1.29, 1.82) is 0 Å². The van der Waals surface area contributed by atoms with Crippen LogP contribution in [-0.4, -0.2) is 28.4 Å². The Morgan fingerprint density at radius 3 is 3.31 bits per heavy atom. The van der Waals surface area contributed by atoms with Gasteiger partial charge in [0.05, 0.1) is 0 Å². The Morgan fingerprint density at radius 1 is 1.77 bits per heavy atom. The number of carbonyl (C=O) groups excluding carboxylic acids is 1. The van der Waals surface area contributed by atoms with E-state index in [2.05, 4.69) is 10.3 Å². The summed E-state index contributed by atoms with van der Waals surface area (Å²) in [5.41, 5.74) is 0.358. The van der Waals surface area contributed by atoms with Crippen LogP contribution in [0.5, 0.6) is 0 Å². The van der Waals surface area contributed by atoms with Crippen LogP contribution >= 0.6 is 11.8 Å². The van der Waals surface area contributed by atoms with Crippen molar-refractivity contribution in [2.75, 3.05) is 11.5 Å². The van der Waals surface area contributed by atoms with Crippen LogP contribution in [0.4, 0.5) is 0 Å². The van der Waals surface area contributed by atoms with Gasteiger partial charge in [-0.05, 0) is 12.2 Å². The fourth-order valence-corrected chi connectivity index (χ4v) is 2.38. The van der Waals surface area contributed by atoms with E-state index in [1.807, 2.05) is 11.8 Å². The topological polar surface area (TPSA) is 55.1 Å². The van der Waals surface area contributed by atoms with Crippen molar-refractivity contribution in [2.45, 2.75) is 12.5 Å². The van der Waals surface area contributed by atoms with Crippen molar-refractivity contribution in [3.63, 3.8) is 0 Å². The van der Waals surface area contributed by atoms with Crippen molar-refractivity contribution >= 4 is 17.7 Å². The van der Waals surface area contributed by atoms with Gasteiger partial charge in [0.1, 0.15) is 6.26 Å². The molecule has 1 aliphatic heterocycles. The van der Waals surface area contributed by atoms with Crippen LogP contribution in [0, 0.1) is 0 Å². The predicted octanol–water partition coefficient (Wildman–Crippen LogP) is 0.910. The molecule has 1 unspecified atom stereocenters. The number of nitrogens with zero attached hydrogens (tertiary/aromatic N) is 1. The molecule has 2 heterocycles. The first kappa shape index (κ1) is 8.62. The molecule has 1 amide bonds. The number of hydrogen-bond acceptors (Lipinski definition) is 4. The molecule has 0 radical (unpaired) electrons. The highest BCUT2D eigenvalue weighted by Gasteiger charge is 2.19. The summed E-state index contributed by atoms with van der Waals surface area (Å²) >= 11 is 1.86. The van der Waals surface area contributed by atoms with Gasteiger partial charge in [-0.1, -0.05) is 0 Å². The molecule has 0 aliphatic carbocycles. The SMILES string of the molecule is O=C(NC1CCSC1)c1cocn1. The zero-order valence-corrected chi connectivity index (χ0v) is 7.84. The lowest BCUT2D eigenvalue weighted by Gasteiger charge is -2.08. The second kappa shape index (κ2) is 3.83. The Hall–Kier alpha value is -0.970. The summed E-state index contributed by atoms with van der Waals surface area (Å²) in [6.07, 6.45) is 3.67. The number of nitrogens with one attached hydrogen (secondary N) is 1. The maximum absolute atomic E-state index is 11.4. The molecule has 1 aromatic heterocycles. The van der Waals surface area contributed by atoms with Gasteiger partial charge in [-0.25, -0.2) is 4.98 Å². The van der Waals surface area contributed by atoms with Crippen LogP contribution in [0.3, 0.4) is 0 Å². The van der Waals surface area contributed by atoms with Crippen molar-refractivity contribution in [3.8, 4) is 0 Å². The van der Waals surface area contributed by atoms with Gasteiger partial charge >= 0.3 is 0 Å². The zero-order valence-electron chi connectivity index (χ0n) is 7.03. The largest absolute Gasteiger partial charge is 0.451 e. The molecule has 13 heavy (non-hydrogen) atoms. The molecular weight excluding hydrogens is 188 g/mol. The Morgan fingerprint density at radius 2 is 2.69 bits per heavy atom. The quantitative estimate of drug-likeness (QED) is 0.767. The van der Waals surface area contributed by atoms with Gasteiger partial charge in [-0.2, -0.15) is 11.8 Å². The number of amides is 1. The van der Waals surface area contributed by atoms with Crippen LogP contribution in [0.25, 0.3) is 0 Å². The van der Waals surface area contributed by atoms with Crippen LogP contribution in [0.2, 0.25) is 0 Å². The molecule has 0 bridgehead atoms. The number of rotatable bonds is 2. The normalized spacial score (nSPS) is 21.7. The minimum absolute atomic E-state index is 0.138. The highest BCUT2D eigenvalue weighted by Crippen LogP contribution is 2.17. The summed E-state index contributed by atoms with van der Waals surface area (Å²) < 4.78 is 4.72. The minimum Gasteiger partial charge on any atom is -0.451 e. The Balaban J connectivity index is 1.91. The van der Waals surface area contributed by atoms with Crippen molar-refractivity contribution < 1.29 is 9.21 Å². The van der Waals surface area contributed by atoms with Crippen LogP contribution < -0.4 is 5.32 Å². The summed E-state index contributed by atoms with van der Waals surface area (Å²) in [4.78, 5) is 15.2. The number of aromatic nitrogens is 1. The van der Waals surface area contributed by atoms with Crippen LogP contribution in [0.1, 0.15) is 16.9 Å². The molecule has 1 aliphatic rings. The van der Waals surface area contributed by atoms with Gasteiger partial charge in [0.25, 0.3) is 5.91 Å². The van der Waals surface area contributed by atoms with Crippen molar-refractivity contribution in [1.82, 2.24) is 10.3 Å². The first-order chi connectivity index (χ1) is 6.36. The second-order valence-electron chi connectivity index (χ2n) is 2.91. The van der Waals surface area contributed by atoms with Gasteiger partial charge in [0.15, 0.2) is 12.1 Å². The van der Waals surface area contributed by atoms with E-state index in [0.717, 1.165) is 17.9 Å². The molecular formula is C8H10N2O2S. The number of carbonyl (C=O) groups is 1. The molecule has 0 spiro atoms. The van der Waals surface area contributed by atoms with E-state index in [1.165, 1.54) is 12.7 Å². The second-order valence-corrected chi connectivity index (χ2v) is 4.06. The molecule has 70 valence electrons. The Bertz CT molecular complexity index is 280. The third kappa shape index (κ3) is 2.03. The van der Waals surface area contributed by atoms with Gasteiger partial charge in [0.2, 0.25) is 0 Å². The van der Waals surface area contributed by atoms with E-state index >= 15 is 0 Å². The number of hydrogen-bond donors (Lipinski definition) is 1. The van der Waals surface area contributed by atoms with E-state index < -0.39 is 0 Å². The molecule has 0 aromatic carbocycles. The average molecular weight is 198 g/mol. The predicted molar refractivity (Wildman–Crippen MR) is 49.7 cm³/mol. The van der Waals surface area contributed by atoms with E-state index in [9.17, 15) is 4.79 Å². The minimum atomic E-state index is -0.138. The molecule has 1 fully saturated rings. The fourth-order valence-electron chi connectivity index (χ4n) is 1.23. The lowest BCUT2D eigenvalue weighted by molar-refractivity contribution is 0.0936. The van der Waals surface area contributed by atoms with Crippen molar-refractivity contribution in [3.05, 3.63) is 18.4 Å². The standard InChI is InChI=1S/C8H10N2O2S/c11-8(7-3-12-5-9-7)10-6-1-2-13-4-6/h3,5-6H,1-2,4H2,(H,10,11). The van der Waals surface area contributed by atoms with Crippen LogP contribution in [0.15, 0.2) is 17.1 Å². The summed E-state index contributed by atoms with van der Waals surface area (Å²) in [5.74, 6) is 1.99. The monoisotopic (exact) mass is 198 g/mol. The Labute approximate surface area is 80.1 Å². The molecule has 1 atom stereocenters. The first-order valence-corrected chi connectivity index (χ1v) is 5.28. The lowest BCUT2D eigenvalue weighted by atomic mass is 10.2. The maximum Gasteiger partial charge on any atom is 0.273 e. The maximum atomic E-state index is 11.4. The zero-order chi connectivity index (χ0) is 9.10. The lowest BCUT2D eigenvalue weighted by Crippen LogP contribution is -2.34. The van der Waals surface area contributed by atoms with Crippen LogP contribution in [-0.2, 0) is 0 Å². The van der Waals surface area contributed by atoms with Gasteiger partial charge in [-0.3, -0.25) is 4.79 Å². The molecule has 2 rings (SSSR count). The molecule has 0 saturated carbocycles. The molecule has 1 N–H and O–H groups in total. The van der Waals surface area contributed by atoms with Crippen molar-refractivity contribution in [2.24, 2.45) is 0 Å². The summed E-state index contributed by atoms with van der Waals surface area (Å²) in [7, 11) is 0. The number of thioether (sulfide) groups is 1. The molecule has 4 nitrogen and oxygen atoms in total. The van der Waals surface area contributed by atoms with E-state index in [-0.39, 0.29) is 5.91 Å². The summed E-state index contributed by atoms with van der Waals surface area (Å²) in [6.45, 7) is 0. The highest BCUT2D eigenvalue weighted by molar-refractivity contribution is 7.99. The van der Waals surface area contributed by atoms with Gasteiger partial charge < -0.3 is 9.73 Å². The van der Waals surface area contributed by atoms with Gasteiger partial charge in [0, 0.05) is 11.8 Å². The highest BCUT2D eigenvalue weighted by atomic mass is 32.2. The first-order valence-electron chi connectivity index (χ1n) is 4.13. The Kier molecular flexibility index (Phi) is 2.54. The van der Waals surface area contributed by atoms with E-state index in [4.69, 9.17) is 4.42 Å². The third-order valence-corrected chi connectivity index (χ3v) is 3.09. The average Bonchev–Trinajstić information content (AvgIpc) is 2.74. The van der Waals surface area contributed by atoms with Gasteiger partial charge in [-0.15, -0.1) is 0 Å². The molecule has 1 aromatic rings. The molecule has 1 saturated heterocycles. The summed E-state index contributed by atoms with van der Waals surface area (Å²) in [6, 6.07) is 0.300. The fraction of sp³-hybridized carbons (Fsp3) is 0.500. The van der Waals surface area contributed by atoms with E-state index in [0.29, 0.717) is 11.7 Å². The smallest absolute Gasteiger partial charge is 0.273 e. The third-order valence-electron chi connectivity index (χ3n) is 1.93. The number of oxazole rings is 1. The molecule has 5 heteroatoms.